The summed E-state index contributed by atoms with van der Waals surface area (Å²) in [6.45, 7) is 4.41. The van der Waals surface area contributed by atoms with Gasteiger partial charge in [0.15, 0.2) is 0 Å². The first kappa shape index (κ1) is 25.2. The van der Waals surface area contributed by atoms with Gasteiger partial charge >= 0.3 is 5.97 Å². The normalized spacial score (nSPS) is 13.8. The summed E-state index contributed by atoms with van der Waals surface area (Å²) in [5, 5.41) is 6.38. The molecule has 0 aliphatic carbocycles. The molecule has 0 bridgehead atoms. The largest absolute Gasteiger partial charge is 0.462 e. The standard InChI is InChI=1S/C29H31N3O4/c1-4-36-29(34)22-12-15-24-25(18-22)31-28(33)26(24)27(21-8-6-5-7-9-21)30-23-13-10-20(11-14-23)19-32(2)16-17-35-3/h5-15,18,30H,4,16-17,19H2,1-3H3,(H,31,33). The van der Waals surface area contributed by atoms with E-state index in [1.54, 1.807) is 32.2 Å². The number of hydrogen-bond donors (Lipinski definition) is 2. The molecule has 36 heavy (non-hydrogen) atoms. The fourth-order valence-electron chi connectivity index (χ4n) is 4.12. The van der Waals surface area contributed by atoms with Crippen LogP contribution in [0.2, 0.25) is 0 Å². The first-order valence-electron chi connectivity index (χ1n) is 12.0. The SMILES string of the molecule is CCOC(=O)c1ccc2c(c1)NC(=O)C2=C(Nc1ccc(CN(C)CCOC)cc1)c1ccccc1. The van der Waals surface area contributed by atoms with Gasteiger partial charge in [-0.1, -0.05) is 48.5 Å². The number of esters is 1. The Morgan fingerprint density at radius 1 is 1.00 bits per heavy atom. The summed E-state index contributed by atoms with van der Waals surface area (Å²) in [6.07, 6.45) is 0. The van der Waals surface area contributed by atoms with Crippen LogP contribution in [0.3, 0.4) is 0 Å². The quantitative estimate of drug-likeness (QED) is 0.315. The Morgan fingerprint density at radius 2 is 1.75 bits per heavy atom. The zero-order chi connectivity index (χ0) is 25.5. The van der Waals surface area contributed by atoms with E-state index in [9.17, 15) is 9.59 Å². The predicted molar refractivity (Wildman–Crippen MR) is 143 cm³/mol. The topological polar surface area (TPSA) is 79.9 Å². The molecule has 0 saturated heterocycles. The number of carbonyl (C=O) groups is 2. The molecule has 3 aromatic rings. The summed E-state index contributed by atoms with van der Waals surface area (Å²) in [4.78, 5) is 27.5. The number of carbonyl (C=O) groups excluding carboxylic acids is 2. The van der Waals surface area contributed by atoms with E-state index < -0.39 is 5.97 Å². The number of ether oxygens (including phenoxy) is 2. The third-order valence-corrected chi connectivity index (χ3v) is 5.94. The van der Waals surface area contributed by atoms with Crippen LogP contribution >= 0.6 is 0 Å². The molecule has 1 amide bonds. The molecule has 0 aromatic heterocycles. The van der Waals surface area contributed by atoms with Crippen molar-refractivity contribution in [3.05, 3.63) is 95.1 Å². The Kier molecular flexibility index (Phi) is 8.15. The van der Waals surface area contributed by atoms with Crippen LogP contribution in [0.1, 0.15) is 34.0 Å². The number of benzene rings is 3. The lowest BCUT2D eigenvalue weighted by Crippen LogP contribution is -2.22. The van der Waals surface area contributed by atoms with Gasteiger partial charge in [0.05, 0.1) is 35.7 Å². The van der Waals surface area contributed by atoms with Crippen molar-refractivity contribution in [1.29, 1.82) is 0 Å². The van der Waals surface area contributed by atoms with Gasteiger partial charge in [-0.25, -0.2) is 4.79 Å². The number of rotatable bonds is 10. The zero-order valence-corrected chi connectivity index (χ0v) is 20.8. The molecule has 1 aliphatic heterocycles. The highest BCUT2D eigenvalue weighted by atomic mass is 16.5. The summed E-state index contributed by atoms with van der Waals surface area (Å²) >= 11 is 0. The number of likely N-dealkylation sites (N-methyl/N-ethyl adjacent to an activating group) is 1. The number of nitrogens with one attached hydrogen (secondary N) is 2. The minimum atomic E-state index is -0.415. The Labute approximate surface area is 211 Å². The van der Waals surface area contributed by atoms with Crippen molar-refractivity contribution in [1.82, 2.24) is 4.90 Å². The minimum Gasteiger partial charge on any atom is -0.462 e. The average molecular weight is 486 g/mol. The maximum atomic E-state index is 13.2. The molecule has 0 unspecified atom stereocenters. The van der Waals surface area contributed by atoms with Crippen LogP contribution in [-0.4, -0.2) is 50.7 Å². The van der Waals surface area contributed by atoms with Gasteiger partial charge in [0.1, 0.15) is 0 Å². The molecular formula is C29H31N3O4. The highest BCUT2D eigenvalue weighted by Gasteiger charge is 2.29. The van der Waals surface area contributed by atoms with E-state index in [2.05, 4.69) is 34.7 Å². The summed E-state index contributed by atoms with van der Waals surface area (Å²) < 4.78 is 10.3. The molecule has 0 radical (unpaired) electrons. The molecule has 1 aliphatic rings. The molecule has 186 valence electrons. The van der Waals surface area contributed by atoms with E-state index in [1.165, 1.54) is 5.56 Å². The van der Waals surface area contributed by atoms with Crippen LogP contribution in [0.25, 0.3) is 11.3 Å². The van der Waals surface area contributed by atoms with Crippen molar-refractivity contribution in [2.24, 2.45) is 0 Å². The van der Waals surface area contributed by atoms with Crippen molar-refractivity contribution in [2.75, 3.05) is 44.5 Å². The summed E-state index contributed by atoms with van der Waals surface area (Å²) in [5.74, 6) is -0.643. The van der Waals surface area contributed by atoms with Crippen molar-refractivity contribution in [2.45, 2.75) is 13.5 Å². The van der Waals surface area contributed by atoms with Crippen LogP contribution in [0.15, 0.2) is 72.8 Å². The molecule has 7 heteroatoms. The number of methoxy groups -OCH3 is 1. The van der Waals surface area contributed by atoms with E-state index in [4.69, 9.17) is 9.47 Å². The smallest absolute Gasteiger partial charge is 0.338 e. The first-order valence-corrected chi connectivity index (χ1v) is 12.0. The Bertz CT molecular complexity index is 1250. The van der Waals surface area contributed by atoms with Gasteiger partial charge in [-0.05, 0) is 49.4 Å². The second-order valence-electron chi connectivity index (χ2n) is 8.60. The lowest BCUT2D eigenvalue weighted by Gasteiger charge is -2.17. The molecule has 0 saturated carbocycles. The van der Waals surface area contributed by atoms with Crippen LogP contribution in [-0.2, 0) is 20.8 Å². The molecular weight excluding hydrogens is 454 g/mol. The number of hydrogen-bond acceptors (Lipinski definition) is 6. The molecule has 0 spiro atoms. The molecule has 1 heterocycles. The number of anilines is 2. The number of fused-ring (bicyclic) bond motifs is 1. The Morgan fingerprint density at radius 3 is 2.44 bits per heavy atom. The second-order valence-corrected chi connectivity index (χ2v) is 8.60. The van der Waals surface area contributed by atoms with Crippen molar-refractivity contribution < 1.29 is 19.1 Å². The molecule has 0 fully saturated rings. The van der Waals surface area contributed by atoms with Crippen LogP contribution < -0.4 is 10.6 Å². The van der Waals surface area contributed by atoms with Gasteiger partial charge in [-0.15, -0.1) is 0 Å². The highest BCUT2D eigenvalue weighted by molar-refractivity contribution is 6.37. The molecule has 4 rings (SSSR count). The van der Waals surface area contributed by atoms with E-state index in [1.807, 2.05) is 42.5 Å². The van der Waals surface area contributed by atoms with E-state index in [0.717, 1.165) is 29.9 Å². The lowest BCUT2D eigenvalue weighted by molar-refractivity contribution is -0.110. The van der Waals surface area contributed by atoms with Gasteiger partial charge in [-0.2, -0.15) is 0 Å². The van der Waals surface area contributed by atoms with Crippen molar-refractivity contribution in [3.63, 3.8) is 0 Å². The number of amides is 1. The van der Waals surface area contributed by atoms with Gasteiger partial charge in [0, 0.05) is 31.5 Å². The summed E-state index contributed by atoms with van der Waals surface area (Å²) in [5.41, 5.74) is 5.88. The van der Waals surface area contributed by atoms with E-state index in [-0.39, 0.29) is 12.5 Å². The van der Waals surface area contributed by atoms with Crippen LogP contribution in [0, 0.1) is 0 Å². The Balaban J connectivity index is 1.66. The predicted octanol–water partition coefficient (Wildman–Crippen LogP) is 4.87. The van der Waals surface area contributed by atoms with Gasteiger partial charge in [0.25, 0.3) is 5.91 Å². The third-order valence-electron chi connectivity index (χ3n) is 5.94. The van der Waals surface area contributed by atoms with Gasteiger partial charge < -0.3 is 20.1 Å². The van der Waals surface area contributed by atoms with E-state index >= 15 is 0 Å². The zero-order valence-electron chi connectivity index (χ0n) is 20.8. The highest BCUT2D eigenvalue weighted by Crippen LogP contribution is 2.38. The molecule has 3 aromatic carbocycles. The molecule has 7 nitrogen and oxygen atoms in total. The van der Waals surface area contributed by atoms with E-state index in [0.29, 0.717) is 29.1 Å². The Hall–Kier alpha value is -3.94. The summed E-state index contributed by atoms with van der Waals surface area (Å²) in [6, 6.07) is 23.1. The van der Waals surface area contributed by atoms with Crippen LogP contribution in [0.5, 0.6) is 0 Å². The molecule has 0 atom stereocenters. The average Bonchev–Trinajstić information content (AvgIpc) is 3.22. The second kappa shape index (κ2) is 11.7. The van der Waals surface area contributed by atoms with Crippen molar-refractivity contribution in [3.8, 4) is 0 Å². The maximum absolute atomic E-state index is 13.2. The minimum absolute atomic E-state index is 0.228. The van der Waals surface area contributed by atoms with Crippen LogP contribution in [0.4, 0.5) is 11.4 Å². The lowest BCUT2D eigenvalue weighted by atomic mass is 9.99. The monoisotopic (exact) mass is 485 g/mol. The van der Waals surface area contributed by atoms with Crippen molar-refractivity contribution >= 4 is 34.5 Å². The summed E-state index contributed by atoms with van der Waals surface area (Å²) in [7, 11) is 3.77. The molecule has 2 N–H and O–H groups in total. The maximum Gasteiger partial charge on any atom is 0.338 e. The van der Waals surface area contributed by atoms with Gasteiger partial charge in [0.2, 0.25) is 0 Å². The first-order chi connectivity index (χ1) is 17.5. The third kappa shape index (κ3) is 5.82. The fourth-order valence-corrected chi connectivity index (χ4v) is 4.12. The fraction of sp³-hybridized carbons (Fsp3) is 0.241. The van der Waals surface area contributed by atoms with Gasteiger partial charge in [-0.3, -0.25) is 9.69 Å². The number of nitrogens with zero attached hydrogens (tertiary/aromatic N) is 1.